The molecule has 2 rings (SSSR count). The molecule has 1 saturated carbocycles. The molecule has 21 heavy (non-hydrogen) atoms. The van der Waals surface area contributed by atoms with E-state index in [1.807, 2.05) is 39.8 Å². The molecule has 1 amide bonds. The zero-order valence-electron chi connectivity index (χ0n) is 13.6. The lowest BCUT2D eigenvalue weighted by Gasteiger charge is -2.28. The molecule has 1 aromatic rings. The second kappa shape index (κ2) is 6.06. The molecule has 1 aliphatic rings. The lowest BCUT2D eigenvalue weighted by atomic mass is 9.98. The van der Waals surface area contributed by atoms with Crippen LogP contribution in [0.4, 0.5) is 5.69 Å². The Balaban J connectivity index is 2.19. The Morgan fingerprint density at radius 2 is 1.90 bits per heavy atom. The number of methoxy groups -OCH3 is 1. The Kier molecular flexibility index (Phi) is 4.57. The van der Waals surface area contributed by atoms with Crippen LogP contribution in [0.25, 0.3) is 0 Å². The van der Waals surface area contributed by atoms with Crippen molar-refractivity contribution in [1.29, 1.82) is 0 Å². The molecule has 4 nitrogen and oxygen atoms in total. The molecule has 1 aliphatic carbocycles. The van der Waals surface area contributed by atoms with Crippen molar-refractivity contribution in [3.05, 3.63) is 23.3 Å². The molecule has 0 radical (unpaired) electrons. The number of nitrogens with one attached hydrogen (secondary N) is 1. The number of amides is 1. The van der Waals surface area contributed by atoms with Gasteiger partial charge >= 0.3 is 0 Å². The van der Waals surface area contributed by atoms with Gasteiger partial charge in [-0.3, -0.25) is 4.79 Å². The fourth-order valence-corrected chi connectivity index (χ4v) is 2.90. The van der Waals surface area contributed by atoms with E-state index >= 15 is 0 Å². The Morgan fingerprint density at radius 3 is 2.33 bits per heavy atom. The van der Waals surface area contributed by atoms with E-state index in [-0.39, 0.29) is 5.91 Å². The Bertz CT molecular complexity index is 514. The van der Waals surface area contributed by atoms with Gasteiger partial charge in [0.15, 0.2) is 0 Å². The molecule has 1 N–H and O–H groups in total. The summed E-state index contributed by atoms with van der Waals surface area (Å²) in [4.78, 5) is 12.6. The third-order valence-corrected chi connectivity index (χ3v) is 4.17. The van der Waals surface area contributed by atoms with Gasteiger partial charge in [-0.05, 0) is 69.7 Å². The highest BCUT2D eigenvalue weighted by Gasteiger charge is 2.48. The Hall–Kier alpha value is -1.55. The summed E-state index contributed by atoms with van der Waals surface area (Å²) in [6, 6.07) is 3.87. The first-order chi connectivity index (χ1) is 9.92. The normalized spacial score (nSPS) is 17.2. The maximum absolute atomic E-state index is 12.6. The number of aryl methyl sites for hydroxylation is 2. The molecule has 116 valence electrons. The second-order valence-electron chi connectivity index (χ2n) is 5.91. The zero-order valence-corrected chi connectivity index (χ0v) is 13.6. The summed E-state index contributed by atoms with van der Waals surface area (Å²) < 4.78 is 11.1. The lowest BCUT2D eigenvalue weighted by molar-refractivity contribution is -0.141. The van der Waals surface area contributed by atoms with Crippen molar-refractivity contribution in [1.82, 2.24) is 0 Å². The fourth-order valence-electron chi connectivity index (χ4n) is 2.90. The first-order valence-electron chi connectivity index (χ1n) is 7.53. The number of ether oxygens (including phenoxy) is 2. The summed E-state index contributed by atoms with van der Waals surface area (Å²) in [6.45, 7) is 8.32. The SMILES string of the molecule is CCO[C@@](C)(C(=O)Nc1cc(C)c(OC)c(C)c1)C1CC1. The molecule has 0 heterocycles. The average molecular weight is 291 g/mol. The number of carbonyl (C=O) groups excluding carboxylic acids is 1. The summed E-state index contributed by atoms with van der Waals surface area (Å²) in [5.41, 5.74) is 2.09. The van der Waals surface area contributed by atoms with E-state index in [0.717, 1.165) is 35.4 Å². The number of anilines is 1. The second-order valence-corrected chi connectivity index (χ2v) is 5.91. The molecule has 0 aliphatic heterocycles. The third kappa shape index (κ3) is 3.21. The summed E-state index contributed by atoms with van der Waals surface area (Å²) in [7, 11) is 1.66. The third-order valence-electron chi connectivity index (χ3n) is 4.17. The van der Waals surface area contributed by atoms with Gasteiger partial charge in [0.2, 0.25) is 0 Å². The van der Waals surface area contributed by atoms with Crippen molar-refractivity contribution < 1.29 is 14.3 Å². The van der Waals surface area contributed by atoms with Crippen molar-refractivity contribution in [3.63, 3.8) is 0 Å². The van der Waals surface area contributed by atoms with E-state index in [9.17, 15) is 4.79 Å². The molecule has 4 heteroatoms. The van der Waals surface area contributed by atoms with Gasteiger partial charge in [0.25, 0.3) is 5.91 Å². The van der Waals surface area contributed by atoms with Crippen LogP contribution >= 0.6 is 0 Å². The maximum atomic E-state index is 12.6. The first-order valence-corrected chi connectivity index (χ1v) is 7.53. The molecule has 1 atom stereocenters. The zero-order chi connectivity index (χ0) is 15.6. The minimum atomic E-state index is -0.726. The van der Waals surface area contributed by atoms with Gasteiger partial charge in [0, 0.05) is 12.3 Å². The number of rotatable bonds is 6. The van der Waals surface area contributed by atoms with E-state index in [2.05, 4.69) is 5.32 Å². The quantitative estimate of drug-likeness (QED) is 0.873. The van der Waals surface area contributed by atoms with Crippen LogP contribution in [0.2, 0.25) is 0 Å². The molecular weight excluding hydrogens is 266 g/mol. The Labute approximate surface area is 126 Å². The fraction of sp³-hybridized carbons (Fsp3) is 0.588. The highest BCUT2D eigenvalue weighted by atomic mass is 16.5. The van der Waals surface area contributed by atoms with Crippen LogP contribution in [0.5, 0.6) is 5.75 Å². The number of benzene rings is 1. The van der Waals surface area contributed by atoms with Crippen LogP contribution in [0.3, 0.4) is 0 Å². The molecular formula is C17H25NO3. The monoisotopic (exact) mass is 291 g/mol. The van der Waals surface area contributed by atoms with Gasteiger partial charge in [0.05, 0.1) is 7.11 Å². The smallest absolute Gasteiger partial charge is 0.256 e. The van der Waals surface area contributed by atoms with Crippen molar-refractivity contribution in [2.75, 3.05) is 19.0 Å². The van der Waals surface area contributed by atoms with E-state index in [1.54, 1.807) is 7.11 Å². The van der Waals surface area contributed by atoms with Gasteiger partial charge in [0.1, 0.15) is 11.4 Å². The van der Waals surface area contributed by atoms with Crippen LogP contribution in [-0.2, 0) is 9.53 Å². The molecule has 0 aromatic heterocycles. The predicted octanol–water partition coefficient (Wildman–Crippen LogP) is 3.46. The molecule has 1 aromatic carbocycles. The summed E-state index contributed by atoms with van der Waals surface area (Å²) in [5, 5.41) is 3.00. The topological polar surface area (TPSA) is 47.6 Å². The van der Waals surface area contributed by atoms with Gasteiger partial charge in [-0.1, -0.05) is 0 Å². The molecule has 0 unspecified atom stereocenters. The van der Waals surface area contributed by atoms with E-state index in [0.29, 0.717) is 12.5 Å². The first kappa shape index (κ1) is 15.8. The van der Waals surface area contributed by atoms with E-state index in [4.69, 9.17) is 9.47 Å². The molecule has 0 saturated heterocycles. The minimum absolute atomic E-state index is 0.0594. The van der Waals surface area contributed by atoms with Gasteiger partial charge in [-0.25, -0.2) is 0 Å². The lowest BCUT2D eigenvalue weighted by Crippen LogP contribution is -2.44. The van der Waals surface area contributed by atoms with Crippen LogP contribution in [0, 0.1) is 19.8 Å². The van der Waals surface area contributed by atoms with Gasteiger partial charge in [-0.2, -0.15) is 0 Å². The van der Waals surface area contributed by atoms with Crippen molar-refractivity contribution in [3.8, 4) is 5.75 Å². The van der Waals surface area contributed by atoms with Crippen molar-refractivity contribution in [2.24, 2.45) is 5.92 Å². The summed E-state index contributed by atoms with van der Waals surface area (Å²) in [6.07, 6.45) is 2.12. The average Bonchev–Trinajstić information content (AvgIpc) is 3.23. The number of hydrogen-bond acceptors (Lipinski definition) is 3. The van der Waals surface area contributed by atoms with Crippen molar-refractivity contribution in [2.45, 2.75) is 46.1 Å². The minimum Gasteiger partial charge on any atom is -0.496 e. The van der Waals surface area contributed by atoms with Crippen LogP contribution in [0.1, 0.15) is 37.8 Å². The predicted molar refractivity (Wildman–Crippen MR) is 83.9 cm³/mol. The Morgan fingerprint density at radius 1 is 1.33 bits per heavy atom. The maximum Gasteiger partial charge on any atom is 0.256 e. The largest absolute Gasteiger partial charge is 0.496 e. The van der Waals surface area contributed by atoms with Crippen LogP contribution in [-0.4, -0.2) is 25.2 Å². The van der Waals surface area contributed by atoms with Crippen LogP contribution < -0.4 is 10.1 Å². The number of carbonyl (C=O) groups is 1. The van der Waals surface area contributed by atoms with Crippen molar-refractivity contribution >= 4 is 11.6 Å². The standard InChI is InChI=1S/C17H25NO3/c1-6-21-17(4,13-7-8-13)16(19)18-14-9-11(2)15(20-5)12(3)10-14/h9-10,13H,6-8H2,1-5H3,(H,18,19)/t17-/m1/s1. The van der Waals surface area contributed by atoms with E-state index in [1.165, 1.54) is 0 Å². The molecule has 1 fully saturated rings. The molecule has 0 spiro atoms. The number of hydrogen-bond donors (Lipinski definition) is 1. The highest BCUT2D eigenvalue weighted by Crippen LogP contribution is 2.42. The van der Waals surface area contributed by atoms with E-state index < -0.39 is 5.60 Å². The molecule has 0 bridgehead atoms. The summed E-state index contributed by atoms with van der Waals surface area (Å²) >= 11 is 0. The highest BCUT2D eigenvalue weighted by molar-refractivity contribution is 5.97. The van der Waals surface area contributed by atoms with Crippen LogP contribution in [0.15, 0.2) is 12.1 Å². The van der Waals surface area contributed by atoms with Gasteiger partial charge < -0.3 is 14.8 Å². The summed E-state index contributed by atoms with van der Waals surface area (Å²) in [5.74, 6) is 1.14. The van der Waals surface area contributed by atoms with Gasteiger partial charge in [-0.15, -0.1) is 0 Å².